The molecule has 3 rings (SSSR count). The molecule has 0 unspecified atom stereocenters. The minimum atomic E-state index is -0.183. The van der Waals surface area contributed by atoms with Crippen molar-refractivity contribution in [1.29, 1.82) is 0 Å². The van der Waals surface area contributed by atoms with E-state index in [1.807, 2.05) is 62.7 Å². The van der Waals surface area contributed by atoms with E-state index in [0.29, 0.717) is 5.56 Å². The highest BCUT2D eigenvalue weighted by Crippen LogP contribution is 2.23. The van der Waals surface area contributed by atoms with Gasteiger partial charge in [0.2, 0.25) is 0 Å². The summed E-state index contributed by atoms with van der Waals surface area (Å²) >= 11 is 0. The van der Waals surface area contributed by atoms with Gasteiger partial charge in [0.15, 0.2) is 0 Å². The molecule has 3 aromatic rings. The van der Waals surface area contributed by atoms with Gasteiger partial charge in [-0.05, 0) is 52.0 Å². The van der Waals surface area contributed by atoms with Crippen LogP contribution in [0.3, 0.4) is 0 Å². The Morgan fingerprint density at radius 3 is 2.33 bits per heavy atom. The minimum Gasteiger partial charge on any atom is -0.319 e. The third kappa shape index (κ3) is 3.06. The van der Waals surface area contributed by atoms with Crippen LogP contribution in [0.4, 0.5) is 5.69 Å². The molecule has 0 fully saturated rings. The van der Waals surface area contributed by atoms with Crippen molar-refractivity contribution >= 4 is 11.6 Å². The molecule has 5 heteroatoms. The molecule has 2 aromatic heterocycles. The summed E-state index contributed by atoms with van der Waals surface area (Å²) in [5.41, 5.74) is 5.99. The number of nitrogens with zero attached hydrogens (tertiary/aromatic N) is 3. The van der Waals surface area contributed by atoms with Crippen molar-refractivity contribution in [1.82, 2.24) is 14.8 Å². The lowest BCUT2D eigenvalue weighted by molar-refractivity contribution is 0.102. The summed E-state index contributed by atoms with van der Waals surface area (Å²) in [6, 6.07) is 11.7. The van der Waals surface area contributed by atoms with Crippen LogP contribution in [0, 0.1) is 27.7 Å². The first-order valence-corrected chi connectivity index (χ1v) is 7.83. The number of hydrogen-bond donors (Lipinski definition) is 1. The summed E-state index contributed by atoms with van der Waals surface area (Å²) in [4.78, 5) is 16.6. The Hall–Kier alpha value is -2.95. The zero-order chi connectivity index (χ0) is 17.3. The fourth-order valence-electron chi connectivity index (χ4n) is 2.55. The molecular formula is C19H20N4O. The van der Waals surface area contributed by atoms with Crippen molar-refractivity contribution in [3.05, 3.63) is 70.8 Å². The van der Waals surface area contributed by atoms with Crippen LogP contribution in [0.2, 0.25) is 0 Å². The SMILES string of the molecule is Cc1ccc(-n2nc(C)c(NC(=O)c3ccc(C)nc3)c2C)cc1. The molecule has 0 saturated heterocycles. The van der Waals surface area contributed by atoms with E-state index in [4.69, 9.17) is 0 Å². The van der Waals surface area contributed by atoms with Crippen molar-refractivity contribution < 1.29 is 4.79 Å². The van der Waals surface area contributed by atoms with Crippen molar-refractivity contribution in [2.24, 2.45) is 0 Å². The lowest BCUT2D eigenvalue weighted by atomic mass is 10.2. The third-order valence-electron chi connectivity index (χ3n) is 3.98. The maximum Gasteiger partial charge on any atom is 0.257 e. The number of hydrogen-bond acceptors (Lipinski definition) is 3. The predicted octanol–water partition coefficient (Wildman–Crippen LogP) is 3.75. The van der Waals surface area contributed by atoms with Crippen molar-refractivity contribution in [3.8, 4) is 5.69 Å². The van der Waals surface area contributed by atoms with Crippen LogP contribution in [0.15, 0.2) is 42.6 Å². The average molecular weight is 320 g/mol. The minimum absolute atomic E-state index is 0.183. The van der Waals surface area contributed by atoms with Gasteiger partial charge < -0.3 is 5.32 Å². The van der Waals surface area contributed by atoms with Crippen LogP contribution >= 0.6 is 0 Å². The van der Waals surface area contributed by atoms with Crippen LogP contribution in [0.1, 0.15) is 33.0 Å². The maximum atomic E-state index is 12.4. The van der Waals surface area contributed by atoms with Crippen LogP contribution in [-0.2, 0) is 0 Å². The van der Waals surface area contributed by atoms with E-state index < -0.39 is 0 Å². The number of carbonyl (C=O) groups excluding carboxylic acids is 1. The molecule has 0 aliphatic heterocycles. The second-order valence-corrected chi connectivity index (χ2v) is 5.94. The second kappa shape index (κ2) is 6.28. The smallest absolute Gasteiger partial charge is 0.257 e. The van der Waals surface area contributed by atoms with E-state index in [9.17, 15) is 4.79 Å². The van der Waals surface area contributed by atoms with E-state index in [-0.39, 0.29) is 5.91 Å². The molecule has 0 spiro atoms. The van der Waals surface area contributed by atoms with Crippen LogP contribution in [0.5, 0.6) is 0 Å². The number of aromatic nitrogens is 3. The third-order valence-corrected chi connectivity index (χ3v) is 3.98. The standard InChI is InChI=1S/C19H20N4O/c1-12-5-9-17(10-6-12)23-15(4)18(14(3)22-23)21-19(24)16-8-7-13(2)20-11-16/h5-11H,1-4H3,(H,21,24). The first kappa shape index (κ1) is 15.9. The molecule has 24 heavy (non-hydrogen) atoms. The van der Waals surface area contributed by atoms with Crippen LogP contribution in [-0.4, -0.2) is 20.7 Å². The van der Waals surface area contributed by atoms with E-state index in [2.05, 4.69) is 15.4 Å². The largest absolute Gasteiger partial charge is 0.319 e. The lowest BCUT2D eigenvalue weighted by Crippen LogP contribution is -2.13. The summed E-state index contributed by atoms with van der Waals surface area (Å²) in [5, 5.41) is 7.51. The fraction of sp³-hybridized carbons (Fsp3) is 0.211. The quantitative estimate of drug-likeness (QED) is 0.799. The monoisotopic (exact) mass is 320 g/mol. The number of benzene rings is 1. The Balaban J connectivity index is 1.90. The molecule has 1 amide bonds. The van der Waals surface area contributed by atoms with E-state index in [1.165, 1.54) is 5.56 Å². The Kier molecular flexibility index (Phi) is 4.16. The van der Waals surface area contributed by atoms with Crippen molar-refractivity contribution in [2.75, 3.05) is 5.32 Å². The van der Waals surface area contributed by atoms with Gasteiger partial charge >= 0.3 is 0 Å². The van der Waals surface area contributed by atoms with Crippen LogP contribution < -0.4 is 5.32 Å². The fourth-order valence-corrected chi connectivity index (χ4v) is 2.55. The molecule has 1 aromatic carbocycles. The Labute approximate surface area is 141 Å². The molecule has 2 heterocycles. The van der Waals surface area contributed by atoms with Crippen molar-refractivity contribution in [3.63, 3.8) is 0 Å². The predicted molar refractivity (Wildman–Crippen MR) is 94.7 cm³/mol. The number of anilines is 1. The van der Waals surface area contributed by atoms with Gasteiger partial charge in [-0.2, -0.15) is 5.10 Å². The Bertz CT molecular complexity index is 877. The highest BCUT2D eigenvalue weighted by Gasteiger charge is 2.16. The highest BCUT2D eigenvalue weighted by atomic mass is 16.1. The molecule has 0 aliphatic rings. The van der Waals surface area contributed by atoms with E-state index >= 15 is 0 Å². The molecule has 1 N–H and O–H groups in total. The summed E-state index contributed by atoms with van der Waals surface area (Å²) in [5.74, 6) is -0.183. The second-order valence-electron chi connectivity index (χ2n) is 5.94. The molecule has 122 valence electrons. The number of aryl methyl sites for hydroxylation is 3. The lowest BCUT2D eigenvalue weighted by Gasteiger charge is -2.07. The van der Waals surface area contributed by atoms with Gasteiger partial charge in [-0.25, -0.2) is 4.68 Å². The molecule has 5 nitrogen and oxygen atoms in total. The number of nitrogens with one attached hydrogen (secondary N) is 1. The zero-order valence-corrected chi connectivity index (χ0v) is 14.3. The number of pyridine rings is 1. The van der Waals surface area contributed by atoms with Gasteiger partial charge in [0.05, 0.1) is 28.3 Å². The summed E-state index contributed by atoms with van der Waals surface area (Å²) < 4.78 is 1.85. The molecule has 0 atom stereocenters. The molecule has 0 radical (unpaired) electrons. The molecular weight excluding hydrogens is 300 g/mol. The van der Waals surface area contributed by atoms with E-state index in [1.54, 1.807) is 12.3 Å². The van der Waals surface area contributed by atoms with Gasteiger partial charge in [-0.3, -0.25) is 9.78 Å². The zero-order valence-electron chi connectivity index (χ0n) is 14.3. The van der Waals surface area contributed by atoms with Gasteiger partial charge in [0, 0.05) is 11.9 Å². The van der Waals surface area contributed by atoms with Gasteiger partial charge in [0.1, 0.15) is 0 Å². The van der Waals surface area contributed by atoms with Gasteiger partial charge in [-0.1, -0.05) is 17.7 Å². The van der Waals surface area contributed by atoms with E-state index in [0.717, 1.165) is 28.5 Å². The highest BCUT2D eigenvalue weighted by molar-refractivity contribution is 6.04. The maximum absolute atomic E-state index is 12.4. The average Bonchev–Trinajstić information content (AvgIpc) is 2.84. The number of amides is 1. The molecule has 0 saturated carbocycles. The van der Waals surface area contributed by atoms with Gasteiger partial charge in [0.25, 0.3) is 5.91 Å². The first-order valence-electron chi connectivity index (χ1n) is 7.83. The normalized spacial score (nSPS) is 10.7. The Morgan fingerprint density at radius 2 is 1.71 bits per heavy atom. The van der Waals surface area contributed by atoms with Crippen molar-refractivity contribution in [2.45, 2.75) is 27.7 Å². The molecule has 0 aliphatic carbocycles. The molecule has 0 bridgehead atoms. The number of rotatable bonds is 3. The Morgan fingerprint density at radius 1 is 1.00 bits per heavy atom. The summed E-state index contributed by atoms with van der Waals surface area (Å²) in [7, 11) is 0. The first-order chi connectivity index (χ1) is 11.5. The summed E-state index contributed by atoms with van der Waals surface area (Å²) in [6.45, 7) is 7.78. The van der Waals surface area contributed by atoms with Gasteiger partial charge in [-0.15, -0.1) is 0 Å². The summed E-state index contributed by atoms with van der Waals surface area (Å²) in [6.07, 6.45) is 1.58. The number of carbonyl (C=O) groups is 1. The van der Waals surface area contributed by atoms with Crippen LogP contribution in [0.25, 0.3) is 5.69 Å². The topological polar surface area (TPSA) is 59.8 Å².